The molecule has 5 heteroatoms. The van der Waals surface area contributed by atoms with Gasteiger partial charge in [-0.05, 0) is 38.9 Å². The molecule has 1 fully saturated rings. The summed E-state index contributed by atoms with van der Waals surface area (Å²) in [7, 11) is 3.24. The van der Waals surface area contributed by atoms with Crippen LogP contribution in [0.4, 0.5) is 0 Å². The molecule has 116 valence electrons. The molecule has 2 unspecified atom stereocenters. The third-order valence-corrected chi connectivity index (χ3v) is 4.17. The Balaban J connectivity index is 2.12. The van der Waals surface area contributed by atoms with Crippen molar-refractivity contribution in [1.82, 2.24) is 10.6 Å². The summed E-state index contributed by atoms with van der Waals surface area (Å²) in [5.74, 6) is 1.54. The van der Waals surface area contributed by atoms with Crippen LogP contribution in [0.25, 0.3) is 0 Å². The van der Waals surface area contributed by atoms with Crippen LogP contribution in [0.2, 0.25) is 0 Å². The number of carbonyl (C=O) groups is 1. The number of rotatable bonds is 5. The molecule has 1 aromatic carbocycles. The standard InChI is InChI=1S/C16H24N2O3/c1-11(18-15(19)16(2)7-8-17-10-16)13-6-5-12(20-3)9-14(13)21-4/h5-6,9,11,17H,7-8,10H2,1-4H3,(H,18,19). The minimum Gasteiger partial charge on any atom is -0.497 e. The van der Waals surface area contributed by atoms with Gasteiger partial charge < -0.3 is 20.1 Å². The predicted octanol–water partition coefficient (Wildman–Crippen LogP) is 1.88. The minimum atomic E-state index is -0.325. The van der Waals surface area contributed by atoms with Crippen molar-refractivity contribution in [2.45, 2.75) is 26.3 Å². The fraction of sp³-hybridized carbons (Fsp3) is 0.562. The molecule has 0 bridgehead atoms. The zero-order valence-electron chi connectivity index (χ0n) is 13.2. The van der Waals surface area contributed by atoms with Crippen LogP contribution in [0.5, 0.6) is 11.5 Å². The smallest absolute Gasteiger partial charge is 0.227 e. The highest BCUT2D eigenvalue weighted by molar-refractivity contribution is 5.83. The molecule has 1 saturated heterocycles. The molecule has 0 aliphatic carbocycles. The molecule has 2 atom stereocenters. The Morgan fingerprint density at radius 3 is 2.71 bits per heavy atom. The zero-order chi connectivity index (χ0) is 15.5. The molecule has 0 saturated carbocycles. The van der Waals surface area contributed by atoms with Gasteiger partial charge in [-0.1, -0.05) is 0 Å². The van der Waals surface area contributed by atoms with E-state index in [-0.39, 0.29) is 17.4 Å². The van der Waals surface area contributed by atoms with Crippen LogP contribution in [0.3, 0.4) is 0 Å². The van der Waals surface area contributed by atoms with Crippen LogP contribution in [0.1, 0.15) is 31.9 Å². The molecular weight excluding hydrogens is 268 g/mol. The Hall–Kier alpha value is -1.75. The molecule has 1 heterocycles. The molecule has 2 rings (SSSR count). The van der Waals surface area contributed by atoms with Gasteiger partial charge in [0.1, 0.15) is 11.5 Å². The van der Waals surface area contributed by atoms with Crippen LogP contribution >= 0.6 is 0 Å². The van der Waals surface area contributed by atoms with E-state index in [2.05, 4.69) is 10.6 Å². The molecule has 1 aliphatic heterocycles. The normalized spacial score (nSPS) is 22.7. The number of ether oxygens (including phenoxy) is 2. The van der Waals surface area contributed by atoms with Crippen molar-refractivity contribution in [3.63, 3.8) is 0 Å². The van der Waals surface area contributed by atoms with Gasteiger partial charge in [0.05, 0.1) is 25.7 Å². The average molecular weight is 292 g/mol. The van der Waals surface area contributed by atoms with Crippen molar-refractivity contribution in [1.29, 1.82) is 0 Å². The van der Waals surface area contributed by atoms with Gasteiger partial charge in [-0.25, -0.2) is 0 Å². The van der Waals surface area contributed by atoms with Crippen molar-refractivity contribution < 1.29 is 14.3 Å². The Morgan fingerprint density at radius 1 is 1.38 bits per heavy atom. The van der Waals surface area contributed by atoms with E-state index in [4.69, 9.17) is 9.47 Å². The number of nitrogens with one attached hydrogen (secondary N) is 2. The van der Waals surface area contributed by atoms with Gasteiger partial charge in [-0.15, -0.1) is 0 Å². The van der Waals surface area contributed by atoms with E-state index < -0.39 is 0 Å². The van der Waals surface area contributed by atoms with Crippen molar-refractivity contribution in [3.8, 4) is 11.5 Å². The lowest BCUT2D eigenvalue weighted by Crippen LogP contribution is -2.41. The highest BCUT2D eigenvalue weighted by atomic mass is 16.5. The minimum absolute atomic E-state index is 0.0814. The van der Waals surface area contributed by atoms with Gasteiger partial charge in [0, 0.05) is 18.2 Å². The lowest BCUT2D eigenvalue weighted by atomic mass is 9.88. The van der Waals surface area contributed by atoms with E-state index in [0.717, 1.165) is 36.6 Å². The van der Waals surface area contributed by atoms with Gasteiger partial charge >= 0.3 is 0 Å². The summed E-state index contributed by atoms with van der Waals surface area (Å²) in [6, 6.07) is 5.52. The van der Waals surface area contributed by atoms with Gasteiger partial charge in [0.25, 0.3) is 0 Å². The second-order valence-electron chi connectivity index (χ2n) is 5.79. The Morgan fingerprint density at radius 2 is 2.14 bits per heavy atom. The SMILES string of the molecule is COc1ccc(C(C)NC(=O)C2(C)CCNC2)c(OC)c1. The molecular formula is C16H24N2O3. The lowest BCUT2D eigenvalue weighted by Gasteiger charge is -2.25. The van der Waals surface area contributed by atoms with Crippen LogP contribution < -0.4 is 20.1 Å². The zero-order valence-corrected chi connectivity index (χ0v) is 13.2. The summed E-state index contributed by atoms with van der Waals surface area (Å²) < 4.78 is 10.6. The van der Waals surface area contributed by atoms with E-state index in [1.54, 1.807) is 14.2 Å². The van der Waals surface area contributed by atoms with Crippen molar-refractivity contribution in [3.05, 3.63) is 23.8 Å². The molecule has 0 radical (unpaired) electrons. The first-order chi connectivity index (χ1) is 10.00. The second-order valence-corrected chi connectivity index (χ2v) is 5.79. The Bertz CT molecular complexity index is 510. The number of methoxy groups -OCH3 is 2. The lowest BCUT2D eigenvalue weighted by molar-refractivity contribution is -0.129. The summed E-state index contributed by atoms with van der Waals surface area (Å²) in [6.07, 6.45) is 0.866. The molecule has 1 amide bonds. The topological polar surface area (TPSA) is 59.6 Å². The second kappa shape index (κ2) is 6.35. The van der Waals surface area contributed by atoms with Crippen LogP contribution in [0, 0.1) is 5.41 Å². The summed E-state index contributed by atoms with van der Waals surface area (Å²) in [6.45, 7) is 5.59. The predicted molar refractivity (Wildman–Crippen MR) is 81.7 cm³/mol. The van der Waals surface area contributed by atoms with E-state index in [1.807, 2.05) is 32.0 Å². The largest absolute Gasteiger partial charge is 0.497 e. The maximum Gasteiger partial charge on any atom is 0.227 e. The number of hydrogen-bond donors (Lipinski definition) is 2. The Kier molecular flexibility index (Phi) is 4.73. The Labute approximate surface area is 126 Å². The molecule has 21 heavy (non-hydrogen) atoms. The third-order valence-electron chi connectivity index (χ3n) is 4.17. The highest BCUT2D eigenvalue weighted by Gasteiger charge is 2.37. The van der Waals surface area contributed by atoms with Gasteiger partial charge in [-0.2, -0.15) is 0 Å². The monoisotopic (exact) mass is 292 g/mol. The van der Waals surface area contributed by atoms with E-state index in [9.17, 15) is 4.79 Å². The first kappa shape index (κ1) is 15.6. The summed E-state index contributed by atoms with van der Waals surface area (Å²) >= 11 is 0. The average Bonchev–Trinajstić information content (AvgIpc) is 2.94. The fourth-order valence-electron chi connectivity index (χ4n) is 2.64. The first-order valence-corrected chi connectivity index (χ1v) is 7.24. The number of benzene rings is 1. The van der Waals surface area contributed by atoms with E-state index in [0.29, 0.717) is 0 Å². The third kappa shape index (κ3) is 3.29. The van der Waals surface area contributed by atoms with E-state index >= 15 is 0 Å². The van der Waals surface area contributed by atoms with Crippen LogP contribution in [0.15, 0.2) is 18.2 Å². The number of hydrogen-bond acceptors (Lipinski definition) is 4. The van der Waals surface area contributed by atoms with Crippen molar-refractivity contribution in [2.75, 3.05) is 27.3 Å². The maximum atomic E-state index is 12.5. The molecule has 2 N–H and O–H groups in total. The molecule has 1 aromatic rings. The van der Waals surface area contributed by atoms with Gasteiger partial charge in [0.2, 0.25) is 5.91 Å². The van der Waals surface area contributed by atoms with Gasteiger partial charge in [-0.3, -0.25) is 4.79 Å². The molecule has 0 spiro atoms. The fourth-order valence-corrected chi connectivity index (χ4v) is 2.64. The molecule has 5 nitrogen and oxygen atoms in total. The summed E-state index contributed by atoms with van der Waals surface area (Å²) in [5.41, 5.74) is 0.620. The number of carbonyl (C=O) groups excluding carboxylic acids is 1. The van der Waals surface area contributed by atoms with Crippen molar-refractivity contribution in [2.24, 2.45) is 5.41 Å². The maximum absolute atomic E-state index is 12.5. The van der Waals surface area contributed by atoms with Gasteiger partial charge in [0.15, 0.2) is 0 Å². The van der Waals surface area contributed by atoms with E-state index in [1.165, 1.54) is 0 Å². The summed E-state index contributed by atoms with van der Waals surface area (Å²) in [5, 5.41) is 6.33. The molecule has 0 aromatic heterocycles. The van der Waals surface area contributed by atoms with Crippen LogP contribution in [-0.2, 0) is 4.79 Å². The molecule has 1 aliphatic rings. The quantitative estimate of drug-likeness (QED) is 0.870. The number of amides is 1. The highest BCUT2D eigenvalue weighted by Crippen LogP contribution is 2.31. The summed E-state index contributed by atoms with van der Waals surface area (Å²) in [4.78, 5) is 12.5. The first-order valence-electron chi connectivity index (χ1n) is 7.24. The van der Waals surface area contributed by atoms with Crippen LogP contribution in [-0.4, -0.2) is 33.2 Å². The van der Waals surface area contributed by atoms with Crippen molar-refractivity contribution >= 4 is 5.91 Å².